The molecule has 0 aliphatic rings. The molecule has 7 nitrogen and oxygen atoms in total. The standard InChI is InChI=1S/C21H21N5O2/c1-14-7-5-6-8-18(14)23-20-17(13-22)19(24-25(20)21(2,3)4)15-9-11-16(12-10-15)26(27)28/h5-12,23H,1-4H3. The van der Waals surface area contributed by atoms with Crippen LogP contribution in [0, 0.1) is 28.4 Å². The molecule has 28 heavy (non-hydrogen) atoms. The van der Waals surface area contributed by atoms with Crippen molar-refractivity contribution in [2.75, 3.05) is 5.32 Å². The molecule has 1 N–H and O–H groups in total. The molecule has 0 saturated carbocycles. The Labute approximate surface area is 163 Å². The van der Waals surface area contributed by atoms with E-state index < -0.39 is 4.92 Å². The lowest BCUT2D eigenvalue weighted by Crippen LogP contribution is -2.24. The van der Waals surface area contributed by atoms with E-state index in [1.807, 2.05) is 52.0 Å². The van der Waals surface area contributed by atoms with E-state index in [1.165, 1.54) is 12.1 Å². The predicted molar refractivity (Wildman–Crippen MR) is 108 cm³/mol. The Morgan fingerprint density at radius 1 is 1.14 bits per heavy atom. The van der Waals surface area contributed by atoms with Crippen molar-refractivity contribution in [1.29, 1.82) is 5.26 Å². The number of aryl methyl sites for hydroxylation is 1. The Kier molecular flexibility index (Phi) is 4.89. The fraction of sp³-hybridized carbons (Fsp3) is 0.238. The van der Waals surface area contributed by atoms with Gasteiger partial charge in [0.15, 0.2) is 0 Å². The van der Waals surface area contributed by atoms with Gasteiger partial charge in [-0.3, -0.25) is 10.1 Å². The van der Waals surface area contributed by atoms with Crippen molar-refractivity contribution in [1.82, 2.24) is 9.78 Å². The maximum absolute atomic E-state index is 10.9. The van der Waals surface area contributed by atoms with Crippen LogP contribution in [0.25, 0.3) is 11.3 Å². The highest BCUT2D eigenvalue weighted by molar-refractivity contribution is 5.77. The first-order valence-electron chi connectivity index (χ1n) is 8.83. The molecule has 1 aromatic heterocycles. The number of nitriles is 1. The van der Waals surface area contributed by atoms with Crippen LogP contribution in [0.2, 0.25) is 0 Å². The molecule has 0 aliphatic heterocycles. The van der Waals surface area contributed by atoms with Gasteiger partial charge in [-0.15, -0.1) is 0 Å². The van der Waals surface area contributed by atoms with Gasteiger partial charge in [0, 0.05) is 23.4 Å². The van der Waals surface area contributed by atoms with E-state index in [1.54, 1.807) is 16.8 Å². The van der Waals surface area contributed by atoms with Crippen LogP contribution in [-0.2, 0) is 5.54 Å². The van der Waals surface area contributed by atoms with Crippen LogP contribution in [0.1, 0.15) is 31.9 Å². The van der Waals surface area contributed by atoms with E-state index >= 15 is 0 Å². The molecule has 3 aromatic rings. The first-order chi connectivity index (χ1) is 13.2. The van der Waals surface area contributed by atoms with Crippen LogP contribution in [0.3, 0.4) is 0 Å². The third-order valence-electron chi connectivity index (χ3n) is 4.38. The highest BCUT2D eigenvalue weighted by Gasteiger charge is 2.26. The molecular weight excluding hydrogens is 354 g/mol. The zero-order valence-electron chi connectivity index (χ0n) is 16.2. The lowest BCUT2D eigenvalue weighted by atomic mass is 10.1. The van der Waals surface area contributed by atoms with Gasteiger partial charge in [-0.1, -0.05) is 18.2 Å². The molecule has 0 atom stereocenters. The van der Waals surface area contributed by atoms with Gasteiger partial charge in [0.1, 0.15) is 23.1 Å². The van der Waals surface area contributed by atoms with Gasteiger partial charge < -0.3 is 5.32 Å². The third-order valence-corrected chi connectivity index (χ3v) is 4.38. The maximum atomic E-state index is 10.9. The fourth-order valence-electron chi connectivity index (χ4n) is 2.91. The molecule has 1 heterocycles. The Morgan fingerprint density at radius 3 is 2.32 bits per heavy atom. The van der Waals surface area contributed by atoms with E-state index in [0.29, 0.717) is 22.6 Å². The maximum Gasteiger partial charge on any atom is 0.269 e. The van der Waals surface area contributed by atoms with Gasteiger partial charge in [-0.05, 0) is 51.5 Å². The molecule has 142 valence electrons. The highest BCUT2D eigenvalue weighted by atomic mass is 16.6. The topological polar surface area (TPSA) is 96.8 Å². The number of nitrogens with one attached hydrogen (secondary N) is 1. The summed E-state index contributed by atoms with van der Waals surface area (Å²) in [6, 6.07) is 16.1. The van der Waals surface area contributed by atoms with E-state index in [4.69, 9.17) is 0 Å². The van der Waals surface area contributed by atoms with E-state index in [-0.39, 0.29) is 11.2 Å². The summed E-state index contributed by atoms with van der Waals surface area (Å²) in [7, 11) is 0. The first kappa shape index (κ1) is 19.1. The molecule has 7 heteroatoms. The number of non-ortho nitro benzene ring substituents is 1. The number of hydrogen-bond acceptors (Lipinski definition) is 5. The molecule has 0 amide bonds. The summed E-state index contributed by atoms with van der Waals surface area (Å²) in [4.78, 5) is 10.5. The normalized spacial score (nSPS) is 11.1. The summed E-state index contributed by atoms with van der Waals surface area (Å²) in [5, 5.41) is 28.8. The van der Waals surface area contributed by atoms with Gasteiger partial charge in [0.25, 0.3) is 5.69 Å². The Bertz CT molecular complexity index is 1070. The summed E-state index contributed by atoms with van der Waals surface area (Å²) in [5.74, 6) is 0.595. The molecule has 0 unspecified atom stereocenters. The van der Waals surface area contributed by atoms with Crippen molar-refractivity contribution in [2.45, 2.75) is 33.2 Å². The molecule has 0 fully saturated rings. The lowest BCUT2D eigenvalue weighted by Gasteiger charge is -2.23. The Hall–Kier alpha value is -3.66. The fourth-order valence-corrected chi connectivity index (χ4v) is 2.91. The van der Waals surface area contributed by atoms with Crippen molar-refractivity contribution in [3.05, 3.63) is 69.8 Å². The minimum absolute atomic E-state index is 0.00392. The number of rotatable bonds is 4. The largest absolute Gasteiger partial charge is 0.339 e. The van der Waals surface area contributed by atoms with Crippen LogP contribution >= 0.6 is 0 Å². The second kappa shape index (κ2) is 7.16. The molecule has 0 saturated heterocycles. The van der Waals surface area contributed by atoms with Crippen LogP contribution in [0.4, 0.5) is 17.2 Å². The average molecular weight is 375 g/mol. The second-order valence-corrected chi connectivity index (χ2v) is 7.51. The smallest absolute Gasteiger partial charge is 0.269 e. The zero-order valence-corrected chi connectivity index (χ0v) is 16.2. The van der Waals surface area contributed by atoms with E-state index in [2.05, 4.69) is 16.5 Å². The molecule has 2 aromatic carbocycles. The summed E-state index contributed by atoms with van der Waals surface area (Å²) < 4.78 is 1.79. The molecule has 3 rings (SSSR count). The average Bonchev–Trinajstić information content (AvgIpc) is 3.02. The molecule has 0 spiro atoms. The zero-order chi connectivity index (χ0) is 20.5. The number of aromatic nitrogens is 2. The minimum Gasteiger partial charge on any atom is -0.339 e. The quantitative estimate of drug-likeness (QED) is 0.503. The highest BCUT2D eigenvalue weighted by Crippen LogP contribution is 2.35. The Balaban J connectivity index is 2.17. The van der Waals surface area contributed by atoms with E-state index in [0.717, 1.165) is 11.3 Å². The second-order valence-electron chi connectivity index (χ2n) is 7.51. The summed E-state index contributed by atoms with van der Waals surface area (Å²) in [5.41, 5.74) is 3.09. The number of nitrogens with zero attached hydrogens (tertiary/aromatic N) is 4. The lowest BCUT2D eigenvalue weighted by molar-refractivity contribution is -0.384. The van der Waals surface area contributed by atoms with Crippen molar-refractivity contribution < 1.29 is 4.92 Å². The van der Waals surface area contributed by atoms with Crippen LogP contribution in [-0.4, -0.2) is 14.7 Å². The summed E-state index contributed by atoms with van der Waals surface area (Å²) in [6.07, 6.45) is 0. The van der Waals surface area contributed by atoms with Gasteiger partial charge in [-0.2, -0.15) is 10.4 Å². The number of anilines is 2. The molecular formula is C21H21N5O2. The third kappa shape index (κ3) is 3.58. The van der Waals surface area contributed by atoms with Crippen LogP contribution in [0.15, 0.2) is 48.5 Å². The van der Waals surface area contributed by atoms with Gasteiger partial charge in [0.2, 0.25) is 0 Å². The minimum atomic E-state index is -0.450. The molecule has 0 bridgehead atoms. The van der Waals surface area contributed by atoms with Crippen molar-refractivity contribution in [3.63, 3.8) is 0 Å². The number of nitro groups is 1. The molecule has 0 radical (unpaired) electrons. The van der Waals surface area contributed by atoms with Gasteiger partial charge in [-0.25, -0.2) is 4.68 Å². The van der Waals surface area contributed by atoms with Crippen LogP contribution in [0.5, 0.6) is 0 Å². The SMILES string of the molecule is Cc1ccccc1Nc1c(C#N)c(-c2ccc([N+](=O)[O-])cc2)nn1C(C)(C)C. The van der Waals surface area contributed by atoms with E-state index in [9.17, 15) is 15.4 Å². The van der Waals surface area contributed by atoms with Crippen molar-refractivity contribution >= 4 is 17.2 Å². The number of benzene rings is 2. The molecule has 0 aliphatic carbocycles. The predicted octanol–water partition coefficient (Wildman–Crippen LogP) is 5.14. The Morgan fingerprint density at radius 2 is 1.79 bits per heavy atom. The summed E-state index contributed by atoms with van der Waals surface area (Å²) in [6.45, 7) is 8.00. The number of nitro benzene ring substituents is 1. The number of para-hydroxylation sites is 1. The van der Waals surface area contributed by atoms with Crippen molar-refractivity contribution in [3.8, 4) is 17.3 Å². The van der Waals surface area contributed by atoms with Gasteiger partial charge in [0.05, 0.1) is 10.5 Å². The first-order valence-corrected chi connectivity index (χ1v) is 8.83. The monoisotopic (exact) mass is 375 g/mol. The van der Waals surface area contributed by atoms with Crippen LogP contribution < -0.4 is 5.32 Å². The van der Waals surface area contributed by atoms with Gasteiger partial charge >= 0.3 is 0 Å². The van der Waals surface area contributed by atoms with Crippen molar-refractivity contribution in [2.24, 2.45) is 0 Å². The number of hydrogen-bond donors (Lipinski definition) is 1. The summed E-state index contributed by atoms with van der Waals surface area (Å²) >= 11 is 0.